The standard InChI is InChI=1S/C4H7NO2.C2HF3O2/c1-5-2-3-7-4(5)6;3-2(4,5)1(6)7/h2-3H2,1H3;(H,6,7). The zero-order valence-corrected chi connectivity index (χ0v) is 7.17. The summed E-state index contributed by atoms with van der Waals surface area (Å²) in [5.74, 6) is -2.76. The van der Waals surface area contributed by atoms with Gasteiger partial charge in [0.05, 0.1) is 6.54 Å². The molecule has 0 bridgehead atoms. The van der Waals surface area contributed by atoms with Crippen LogP contribution in [0.4, 0.5) is 18.0 Å². The summed E-state index contributed by atoms with van der Waals surface area (Å²) in [5.41, 5.74) is 0. The van der Waals surface area contributed by atoms with Crippen LogP contribution in [0.3, 0.4) is 0 Å². The average Bonchev–Trinajstić information content (AvgIpc) is 2.35. The average molecular weight is 215 g/mol. The molecule has 14 heavy (non-hydrogen) atoms. The number of rotatable bonds is 0. The molecule has 0 aromatic carbocycles. The zero-order chi connectivity index (χ0) is 11.4. The van der Waals surface area contributed by atoms with Crippen LogP contribution in [0.5, 0.6) is 0 Å². The van der Waals surface area contributed by atoms with Crippen LogP contribution in [0.2, 0.25) is 0 Å². The fourth-order valence-electron chi connectivity index (χ4n) is 0.471. The van der Waals surface area contributed by atoms with E-state index in [9.17, 15) is 18.0 Å². The molecule has 1 aliphatic rings. The molecule has 0 spiro atoms. The number of ether oxygens (including phenoxy) is 1. The van der Waals surface area contributed by atoms with Crippen LogP contribution < -0.4 is 0 Å². The lowest BCUT2D eigenvalue weighted by Gasteiger charge is -1.98. The third kappa shape index (κ3) is 4.53. The van der Waals surface area contributed by atoms with Gasteiger partial charge in [-0.1, -0.05) is 0 Å². The van der Waals surface area contributed by atoms with E-state index in [0.717, 1.165) is 6.54 Å². The Hall–Kier alpha value is -1.47. The molecule has 1 aliphatic heterocycles. The van der Waals surface area contributed by atoms with Crippen molar-refractivity contribution in [3.8, 4) is 0 Å². The van der Waals surface area contributed by atoms with E-state index in [0.29, 0.717) is 6.61 Å². The molecular formula is C6H8F3NO4. The lowest BCUT2D eigenvalue weighted by atomic mass is 10.7. The molecule has 1 saturated heterocycles. The quantitative estimate of drug-likeness (QED) is 0.645. The highest BCUT2D eigenvalue weighted by Gasteiger charge is 2.38. The molecule has 1 amide bonds. The second kappa shape index (κ2) is 4.68. The number of carboxylic acids is 1. The zero-order valence-electron chi connectivity index (χ0n) is 7.17. The largest absolute Gasteiger partial charge is 0.490 e. The first-order chi connectivity index (χ1) is 6.25. The number of hydrogen-bond acceptors (Lipinski definition) is 3. The van der Waals surface area contributed by atoms with Gasteiger partial charge in [0.1, 0.15) is 6.61 Å². The maximum Gasteiger partial charge on any atom is 0.490 e. The van der Waals surface area contributed by atoms with E-state index in [1.54, 1.807) is 11.9 Å². The summed E-state index contributed by atoms with van der Waals surface area (Å²) in [7, 11) is 1.72. The first-order valence-electron chi connectivity index (χ1n) is 3.43. The minimum atomic E-state index is -5.08. The van der Waals surface area contributed by atoms with Gasteiger partial charge in [-0.3, -0.25) is 0 Å². The second-order valence-corrected chi connectivity index (χ2v) is 2.34. The van der Waals surface area contributed by atoms with E-state index in [1.807, 2.05) is 0 Å². The summed E-state index contributed by atoms with van der Waals surface area (Å²) in [6.07, 6.45) is -5.29. The van der Waals surface area contributed by atoms with Crippen molar-refractivity contribution in [3.63, 3.8) is 0 Å². The van der Waals surface area contributed by atoms with Gasteiger partial charge in [0.25, 0.3) is 0 Å². The smallest absolute Gasteiger partial charge is 0.475 e. The minimum Gasteiger partial charge on any atom is -0.475 e. The van der Waals surface area contributed by atoms with Crippen LogP contribution >= 0.6 is 0 Å². The summed E-state index contributed by atoms with van der Waals surface area (Å²) < 4.78 is 36.3. The molecule has 1 rings (SSSR count). The fraction of sp³-hybridized carbons (Fsp3) is 0.667. The Balaban J connectivity index is 0.000000241. The van der Waals surface area contributed by atoms with Crippen molar-refractivity contribution in [1.82, 2.24) is 4.90 Å². The highest BCUT2D eigenvalue weighted by atomic mass is 19.4. The Bertz CT molecular complexity index is 226. The molecule has 82 valence electrons. The molecule has 0 radical (unpaired) electrons. The van der Waals surface area contributed by atoms with E-state index >= 15 is 0 Å². The topological polar surface area (TPSA) is 66.8 Å². The van der Waals surface area contributed by atoms with Gasteiger partial charge in [0.2, 0.25) is 0 Å². The molecule has 0 aromatic heterocycles. The maximum absolute atomic E-state index is 10.6. The van der Waals surface area contributed by atoms with Crippen molar-refractivity contribution in [3.05, 3.63) is 0 Å². The van der Waals surface area contributed by atoms with Gasteiger partial charge in [0, 0.05) is 7.05 Å². The number of carboxylic acid groups (broad SMARTS) is 1. The molecular weight excluding hydrogens is 207 g/mol. The summed E-state index contributed by atoms with van der Waals surface area (Å²) in [6.45, 7) is 1.29. The maximum atomic E-state index is 10.6. The van der Waals surface area contributed by atoms with Crippen molar-refractivity contribution >= 4 is 12.1 Å². The molecule has 0 saturated carbocycles. The van der Waals surface area contributed by atoms with Crippen molar-refractivity contribution in [2.75, 3.05) is 20.2 Å². The first kappa shape index (κ1) is 12.5. The Morgan fingerprint density at radius 2 is 2.00 bits per heavy atom. The number of carbonyl (C=O) groups is 2. The lowest BCUT2D eigenvalue weighted by Crippen LogP contribution is -2.21. The molecule has 1 N–H and O–H groups in total. The van der Waals surface area contributed by atoms with Crippen LogP contribution in [0.25, 0.3) is 0 Å². The number of hydrogen-bond donors (Lipinski definition) is 1. The minimum absolute atomic E-state index is 0.208. The van der Waals surface area contributed by atoms with Crippen molar-refractivity contribution < 1.29 is 32.6 Å². The van der Waals surface area contributed by atoms with Gasteiger partial charge in [-0.2, -0.15) is 13.2 Å². The van der Waals surface area contributed by atoms with Crippen LogP contribution in [0.15, 0.2) is 0 Å². The number of aliphatic carboxylic acids is 1. The van der Waals surface area contributed by atoms with Crippen LogP contribution in [-0.2, 0) is 9.53 Å². The van der Waals surface area contributed by atoms with Crippen molar-refractivity contribution in [2.24, 2.45) is 0 Å². The predicted octanol–water partition coefficient (Wildman–Crippen LogP) is 0.702. The number of amides is 1. The summed E-state index contributed by atoms with van der Waals surface area (Å²) >= 11 is 0. The number of carbonyl (C=O) groups excluding carboxylic acids is 1. The number of alkyl halides is 3. The molecule has 0 atom stereocenters. The van der Waals surface area contributed by atoms with Gasteiger partial charge in [-0.15, -0.1) is 0 Å². The van der Waals surface area contributed by atoms with Gasteiger partial charge < -0.3 is 14.7 Å². The molecule has 0 aromatic rings. The first-order valence-corrected chi connectivity index (χ1v) is 3.43. The molecule has 0 aliphatic carbocycles. The number of nitrogens with zero attached hydrogens (tertiary/aromatic N) is 1. The molecule has 8 heteroatoms. The van der Waals surface area contributed by atoms with E-state index in [4.69, 9.17) is 9.90 Å². The van der Waals surface area contributed by atoms with E-state index in [-0.39, 0.29) is 6.09 Å². The van der Waals surface area contributed by atoms with Gasteiger partial charge in [-0.05, 0) is 0 Å². The van der Waals surface area contributed by atoms with Gasteiger partial charge in [-0.25, -0.2) is 9.59 Å². The van der Waals surface area contributed by atoms with E-state index in [1.165, 1.54) is 0 Å². The Morgan fingerprint density at radius 1 is 1.57 bits per heavy atom. The lowest BCUT2D eigenvalue weighted by molar-refractivity contribution is -0.192. The number of likely N-dealkylation sites (N-methyl/N-ethyl adjacent to an activating group) is 1. The van der Waals surface area contributed by atoms with Crippen LogP contribution in [-0.4, -0.2) is 48.4 Å². The number of halogens is 3. The second-order valence-electron chi connectivity index (χ2n) is 2.34. The van der Waals surface area contributed by atoms with Gasteiger partial charge >= 0.3 is 18.2 Å². The molecule has 0 unspecified atom stereocenters. The third-order valence-electron chi connectivity index (χ3n) is 1.21. The summed E-state index contributed by atoms with van der Waals surface area (Å²) in [4.78, 5) is 20.7. The Morgan fingerprint density at radius 3 is 2.07 bits per heavy atom. The predicted molar refractivity (Wildman–Crippen MR) is 37.7 cm³/mol. The fourth-order valence-corrected chi connectivity index (χ4v) is 0.471. The van der Waals surface area contributed by atoms with E-state index < -0.39 is 12.1 Å². The highest BCUT2D eigenvalue weighted by Crippen LogP contribution is 2.13. The Kier molecular flexibility index (Phi) is 4.19. The normalized spacial score (nSPS) is 15.7. The van der Waals surface area contributed by atoms with Crippen molar-refractivity contribution in [1.29, 1.82) is 0 Å². The molecule has 1 heterocycles. The molecule has 5 nitrogen and oxygen atoms in total. The Labute approximate surface area is 77.1 Å². The van der Waals surface area contributed by atoms with E-state index in [2.05, 4.69) is 4.74 Å². The molecule has 1 fully saturated rings. The van der Waals surface area contributed by atoms with Crippen molar-refractivity contribution in [2.45, 2.75) is 6.18 Å². The highest BCUT2D eigenvalue weighted by molar-refractivity contribution is 5.73. The monoisotopic (exact) mass is 215 g/mol. The number of cyclic esters (lactones) is 1. The van der Waals surface area contributed by atoms with Crippen LogP contribution in [0, 0.1) is 0 Å². The van der Waals surface area contributed by atoms with Crippen LogP contribution in [0.1, 0.15) is 0 Å². The summed E-state index contributed by atoms with van der Waals surface area (Å²) in [5, 5.41) is 7.12. The third-order valence-corrected chi connectivity index (χ3v) is 1.21. The van der Waals surface area contributed by atoms with Gasteiger partial charge in [0.15, 0.2) is 0 Å². The summed E-state index contributed by atoms with van der Waals surface area (Å²) in [6, 6.07) is 0. The SMILES string of the molecule is CN1CCOC1=O.O=C(O)C(F)(F)F.